The zero-order valence-corrected chi connectivity index (χ0v) is 11.9. The van der Waals surface area contributed by atoms with Gasteiger partial charge >= 0.3 is 0 Å². The molecule has 20 heavy (non-hydrogen) atoms. The molecule has 1 amide bonds. The Labute approximate surface area is 120 Å². The second-order valence-electron chi connectivity index (χ2n) is 4.24. The number of hydrogen-bond donors (Lipinski definition) is 2. The maximum absolute atomic E-state index is 12.1. The van der Waals surface area contributed by atoms with E-state index in [2.05, 4.69) is 5.32 Å². The molecule has 0 radical (unpaired) electrons. The minimum absolute atomic E-state index is 0.138. The summed E-state index contributed by atoms with van der Waals surface area (Å²) in [5.74, 6) is 1.41. The van der Waals surface area contributed by atoms with Crippen LogP contribution in [0, 0.1) is 0 Å². The molecule has 0 saturated heterocycles. The predicted molar refractivity (Wildman–Crippen MR) is 75.4 cm³/mol. The van der Waals surface area contributed by atoms with Crippen LogP contribution in [0.1, 0.15) is 6.42 Å². The molecule has 1 aliphatic rings. The number of rotatable bonds is 6. The molecule has 1 aromatic carbocycles. The molecule has 2 rings (SSSR count). The second-order valence-corrected chi connectivity index (χ2v) is 5.81. The first-order chi connectivity index (χ1) is 9.70. The van der Waals surface area contributed by atoms with Crippen LogP contribution >= 0.6 is 0 Å². The van der Waals surface area contributed by atoms with Crippen LogP contribution < -0.4 is 20.5 Å². The maximum atomic E-state index is 12.1. The Balaban J connectivity index is 1.91. The van der Waals surface area contributed by atoms with Crippen LogP contribution in [-0.2, 0) is 15.6 Å². The number of nitrogens with one attached hydrogen (secondary N) is 1. The molecule has 1 aliphatic heterocycles. The molecule has 1 heterocycles. The van der Waals surface area contributed by atoms with Gasteiger partial charge in [0.2, 0.25) is 5.91 Å². The molecule has 0 saturated carbocycles. The SMILES string of the molecule is NCCNC(=O)CCS(=O)c1ccc2c(c1)OCCO2. The van der Waals surface area contributed by atoms with Crippen LogP contribution in [0.2, 0.25) is 0 Å². The van der Waals surface area contributed by atoms with Crippen molar-refractivity contribution in [1.82, 2.24) is 5.32 Å². The lowest BCUT2D eigenvalue weighted by atomic mass is 10.3. The van der Waals surface area contributed by atoms with Gasteiger partial charge in [-0.1, -0.05) is 0 Å². The van der Waals surface area contributed by atoms with E-state index >= 15 is 0 Å². The minimum Gasteiger partial charge on any atom is -0.486 e. The van der Waals surface area contributed by atoms with Gasteiger partial charge in [-0.15, -0.1) is 0 Å². The molecule has 0 aliphatic carbocycles. The highest BCUT2D eigenvalue weighted by Crippen LogP contribution is 2.31. The highest BCUT2D eigenvalue weighted by Gasteiger charge is 2.14. The second kappa shape index (κ2) is 7.25. The molecule has 0 spiro atoms. The topological polar surface area (TPSA) is 90.7 Å². The Kier molecular flexibility index (Phi) is 5.37. The summed E-state index contributed by atoms with van der Waals surface area (Å²) in [6.07, 6.45) is 0.209. The summed E-state index contributed by atoms with van der Waals surface area (Å²) in [5, 5.41) is 2.65. The lowest BCUT2D eigenvalue weighted by molar-refractivity contribution is -0.120. The van der Waals surface area contributed by atoms with Gasteiger partial charge in [0.15, 0.2) is 11.5 Å². The van der Waals surface area contributed by atoms with E-state index < -0.39 is 10.8 Å². The molecule has 0 aromatic heterocycles. The number of carbonyl (C=O) groups excluding carboxylic acids is 1. The van der Waals surface area contributed by atoms with E-state index in [-0.39, 0.29) is 18.1 Å². The highest BCUT2D eigenvalue weighted by atomic mass is 32.2. The number of nitrogens with two attached hydrogens (primary N) is 1. The number of hydrogen-bond acceptors (Lipinski definition) is 5. The first kappa shape index (κ1) is 14.8. The average Bonchev–Trinajstić information content (AvgIpc) is 2.50. The third-order valence-electron chi connectivity index (χ3n) is 2.76. The third kappa shape index (κ3) is 3.94. The Morgan fingerprint density at radius 1 is 1.30 bits per heavy atom. The maximum Gasteiger partial charge on any atom is 0.220 e. The molecule has 0 fully saturated rings. The quantitative estimate of drug-likeness (QED) is 0.773. The average molecular weight is 298 g/mol. The Hall–Kier alpha value is -1.60. The lowest BCUT2D eigenvalue weighted by Crippen LogP contribution is -2.29. The minimum atomic E-state index is -1.24. The van der Waals surface area contributed by atoms with Crippen LogP contribution in [-0.4, -0.2) is 42.2 Å². The van der Waals surface area contributed by atoms with Crippen LogP contribution in [0.15, 0.2) is 23.1 Å². The fraction of sp³-hybridized carbons (Fsp3) is 0.462. The van der Waals surface area contributed by atoms with Crippen molar-refractivity contribution in [2.75, 3.05) is 32.1 Å². The smallest absolute Gasteiger partial charge is 0.220 e. The van der Waals surface area contributed by atoms with Gasteiger partial charge in [-0.05, 0) is 12.1 Å². The van der Waals surface area contributed by atoms with E-state index in [0.717, 1.165) is 0 Å². The molecule has 110 valence electrons. The predicted octanol–water partition coefficient (Wildman–Crippen LogP) is 0.0304. The molecule has 6 nitrogen and oxygen atoms in total. The van der Waals surface area contributed by atoms with E-state index in [1.165, 1.54) is 0 Å². The number of benzene rings is 1. The fourth-order valence-corrected chi connectivity index (χ4v) is 2.83. The monoisotopic (exact) mass is 298 g/mol. The van der Waals surface area contributed by atoms with Crippen molar-refractivity contribution in [3.05, 3.63) is 18.2 Å². The van der Waals surface area contributed by atoms with E-state index in [0.29, 0.717) is 42.7 Å². The van der Waals surface area contributed by atoms with Crippen LogP contribution in [0.4, 0.5) is 0 Å². The molecular weight excluding hydrogens is 280 g/mol. The molecule has 1 aromatic rings. The Morgan fingerprint density at radius 3 is 2.80 bits per heavy atom. The normalized spacial score (nSPS) is 14.7. The van der Waals surface area contributed by atoms with Crippen molar-refractivity contribution in [2.24, 2.45) is 5.73 Å². The van der Waals surface area contributed by atoms with Crippen molar-refractivity contribution in [3.63, 3.8) is 0 Å². The largest absolute Gasteiger partial charge is 0.486 e. The van der Waals surface area contributed by atoms with Gasteiger partial charge in [0.05, 0.1) is 10.8 Å². The third-order valence-corrected chi connectivity index (χ3v) is 4.11. The molecule has 0 bridgehead atoms. The summed E-state index contributed by atoms with van der Waals surface area (Å²) >= 11 is 0. The number of carbonyl (C=O) groups is 1. The van der Waals surface area contributed by atoms with Crippen molar-refractivity contribution in [2.45, 2.75) is 11.3 Å². The van der Waals surface area contributed by atoms with Crippen molar-refractivity contribution < 1.29 is 18.5 Å². The Bertz CT molecular complexity index is 507. The van der Waals surface area contributed by atoms with E-state index in [1.54, 1.807) is 18.2 Å². The first-order valence-corrected chi connectivity index (χ1v) is 7.77. The van der Waals surface area contributed by atoms with Gasteiger partial charge < -0.3 is 20.5 Å². The standard InChI is InChI=1S/C13H18N2O4S/c14-4-5-15-13(16)3-8-20(17)10-1-2-11-12(9-10)19-7-6-18-11/h1-2,9H,3-8,14H2,(H,15,16). The van der Waals surface area contributed by atoms with Crippen molar-refractivity contribution in [1.29, 1.82) is 0 Å². The zero-order valence-electron chi connectivity index (χ0n) is 11.1. The summed E-state index contributed by atoms with van der Waals surface area (Å²) in [6.45, 7) is 1.85. The highest BCUT2D eigenvalue weighted by molar-refractivity contribution is 7.85. The summed E-state index contributed by atoms with van der Waals surface area (Å²) in [5.41, 5.74) is 5.29. The fourth-order valence-electron chi connectivity index (χ4n) is 1.77. The Morgan fingerprint density at radius 2 is 2.05 bits per heavy atom. The van der Waals surface area contributed by atoms with Gasteiger partial charge in [-0.25, -0.2) is 0 Å². The summed E-state index contributed by atoms with van der Waals surface area (Å²) in [4.78, 5) is 12.1. The number of fused-ring (bicyclic) bond motifs is 1. The van der Waals surface area contributed by atoms with E-state index in [4.69, 9.17) is 15.2 Å². The molecule has 3 N–H and O–H groups in total. The van der Waals surface area contributed by atoms with Crippen LogP contribution in [0.25, 0.3) is 0 Å². The van der Waals surface area contributed by atoms with Gasteiger partial charge in [-0.3, -0.25) is 9.00 Å². The van der Waals surface area contributed by atoms with E-state index in [9.17, 15) is 9.00 Å². The van der Waals surface area contributed by atoms with Gasteiger partial charge in [0, 0.05) is 36.2 Å². The molecule has 1 unspecified atom stereocenters. The van der Waals surface area contributed by atoms with Gasteiger partial charge in [0.25, 0.3) is 0 Å². The van der Waals surface area contributed by atoms with Gasteiger partial charge in [0.1, 0.15) is 13.2 Å². The zero-order chi connectivity index (χ0) is 14.4. The van der Waals surface area contributed by atoms with Gasteiger partial charge in [-0.2, -0.15) is 0 Å². The first-order valence-electron chi connectivity index (χ1n) is 6.45. The number of amides is 1. The molecule has 7 heteroatoms. The van der Waals surface area contributed by atoms with Crippen molar-refractivity contribution in [3.8, 4) is 11.5 Å². The molecule has 1 atom stereocenters. The molecular formula is C13H18N2O4S. The summed E-state index contributed by atoms with van der Waals surface area (Å²) in [7, 11) is -1.24. The summed E-state index contributed by atoms with van der Waals surface area (Å²) in [6, 6.07) is 5.19. The van der Waals surface area contributed by atoms with Crippen molar-refractivity contribution >= 4 is 16.7 Å². The van der Waals surface area contributed by atoms with E-state index in [1.807, 2.05) is 0 Å². The lowest BCUT2D eigenvalue weighted by Gasteiger charge is -2.18. The van der Waals surface area contributed by atoms with Crippen LogP contribution in [0.3, 0.4) is 0 Å². The summed E-state index contributed by atoms with van der Waals surface area (Å²) < 4.78 is 23.0. The van der Waals surface area contributed by atoms with Crippen LogP contribution in [0.5, 0.6) is 11.5 Å². The number of ether oxygens (including phenoxy) is 2.